The van der Waals surface area contributed by atoms with E-state index in [4.69, 9.17) is 16.0 Å². The van der Waals surface area contributed by atoms with Gasteiger partial charge in [0.2, 0.25) is 0 Å². The number of carboxylic acids is 1. The summed E-state index contributed by atoms with van der Waals surface area (Å²) in [5.41, 5.74) is 1.20. The molecule has 3 N–H and O–H groups in total. The first-order valence-electron chi connectivity index (χ1n) is 9.32. The molecule has 3 rings (SSSR count). The van der Waals surface area contributed by atoms with E-state index in [0.29, 0.717) is 10.6 Å². The summed E-state index contributed by atoms with van der Waals surface area (Å²) in [6.07, 6.45) is 2.84. The number of carbonyl (C=O) groups excluding carboxylic acids is 2. The van der Waals surface area contributed by atoms with Crippen molar-refractivity contribution >= 4 is 35.5 Å². The molecule has 1 atom stereocenters. The fourth-order valence-electron chi connectivity index (χ4n) is 2.76. The van der Waals surface area contributed by atoms with Crippen LogP contribution in [-0.2, 0) is 16.0 Å². The first kappa shape index (κ1) is 21.9. The fraction of sp³-hybridized carbons (Fsp3) is 0.0870. The predicted octanol–water partition coefficient (Wildman–Crippen LogP) is 3.52. The van der Waals surface area contributed by atoms with Gasteiger partial charge >= 0.3 is 5.97 Å². The Morgan fingerprint density at radius 1 is 1.00 bits per heavy atom. The normalized spacial score (nSPS) is 12.1. The maximum absolute atomic E-state index is 12.9. The summed E-state index contributed by atoms with van der Waals surface area (Å²) in [6.45, 7) is 0. The number of carboxylic acid groups (broad SMARTS) is 1. The molecule has 0 saturated heterocycles. The van der Waals surface area contributed by atoms with Gasteiger partial charge in [0.05, 0.1) is 6.26 Å². The van der Waals surface area contributed by atoms with Gasteiger partial charge in [-0.15, -0.1) is 0 Å². The third kappa shape index (κ3) is 6.32. The summed E-state index contributed by atoms with van der Waals surface area (Å²) in [5.74, 6) is -2.58. The molecule has 1 aromatic heterocycles. The smallest absolute Gasteiger partial charge is 0.326 e. The molecule has 158 valence electrons. The molecule has 8 heteroatoms. The van der Waals surface area contributed by atoms with Crippen molar-refractivity contribution in [1.29, 1.82) is 0 Å². The molecule has 0 unspecified atom stereocenters. The minimum atomic E-state index is -1.19. The van der Waals surface area contributed by atoms with Gasteiger partial charge in [-0.3, -0.25) is 9.59 Å². The van der Waals surface area contributed by atoms with Gasteiger partial charge in [0.15, 0.2) is 5.76 Å². The van der Waals surface area contributed by atoms with Crippen LogP contribution in [0.2, 0.25) is 5.02 Å². The number of hydrogen-bond acceptors (Lipinski definition) is 4. The standard InChI is InChI=1S/C23H19ClN2O5/c24-17-10-8-16(9-11-17)13-18(25-22(28)20-7-4-12-31-20)21(27)26-19(23(29)30)14-15-5-2-1-3-6-15/h1-13,19H,14H2,(H,25,28)(H,26,27)(H,29,30)/b18-13+/t19-/m1/s1. The van der Waals surface area contributed by atoms with E-state index in [1.54, 1.807) is 48.5 Å². The maximum atomic E-state index is 12.9. The molecule has 0 bridgehead atoms. The number of carbonyl (C=O) groups is 3. The minimum Gasteiger partial charge on any atom is -0.480 e. The Morgan fingerprint density at radius 2 is 1.71 bits per heavy atom. The van der Waals surface area contributed by atoms with Crippen LogP contribution in [-0.4, -0.2) is 28.9 Å². The molecule has 0 aliphatic heterocycles. The molecule has 0 aliphatic carbocycles. The van der Waals surface area contributed by atoms with Crippen molar-refractivity contribution in [3.05, 3.63) is 101 Å². The van der Waals surface area contributed by atoms with Gasteiger partial charge in [-0.25, -0.2) is 4.79 Å². The van der Waals surface area contributed by atoms with Crippen LogP contribution in [0.25, 0.3) is 6.08 Å². The van der Waals surface area contributed by atoms with Gasteiger partial charge in [0, 0.05) is 11.4 Å². The second kappa shape index (κ2) is 10.3. The van der Waals surface area contributed by atoms with E-state index < -0.39 is 23.8 Å². The second-order valence-electron chi connectivity index (χ2n) is 6.59. The van der Waals surface area contributed by atoms with Gasteiger partial charge in [0.25, 0.3) is 11.8 Å². The fourth-order valence-corrected chi connectivity index (χ4v) is 2.89. The monoisotopic (exact) mass is 438 g/mol. The highest BCUT2D eigenvalue weighted by Crippen LogP contribution is 2.13. The van der Waals surface area contributed by atoms with Crippen molar-refractivity contribution in [1.82, 2.24) is 10.6 Å². The third-order valence-electron chi connectivity index (χ3n) is 4.30. The quantitative estimate of drug-likeness (QED) is 0.466. The number of furan rings is 1. The molecule has 3 aromatic rings. The number of aliphatic carboxylic acids is 1. The Hall–Kier alpha value is -3.84. The van der Waals surface area contributed by atoms with E-state index in [0.717, 1.165) is 5.56 Å². The summed E-state index contributed by atoms with van der Waals surface area (Å²) in [4.78, 5) is 37.0. The van der Waals surface area contributed by atoms with Gasteiger partial charge in [0.1, 0.15) is 11.7 Å². The summed E-state index contributed by atoms with van der Waals surface area (Å²) in [5, 5.41) is 15.0. The van der Waals surface area contributed by atoms with Crippen molar-refractivity contribution in [3.8, 4) is 0 Å². The van der Waals surface area contributed by atoms with Crippen LogP contribution in [0.1, 0.15) is 21.7 Å². The number of halogens is 1. The van der Waals surface area contributed by atoms with Crippen molar-refractivity contribution < 1.29 is 23.9 Å². The first-order chi connectivity index (χ1) is 14.9. The topological polar surface area (TPSA) is 109 Å². The largest absolute Gasteiger partial charge is 0.480 e. The number of nitrogens with one attached hydrogen (secondary N) is 2. The maximum Gasteiger partial charge on any atom is 0.326 e. The lowest BCUT2D eigenvalue weighted by molar-refractivity contribution is -0.141. The number of rotatable bonds is 8. The van der Waals surface area contributed by atoms with Crippen molar-refractivity contribution in [2.24, 2.45) is 0 Å². The van der Waals surface area contributed by atoms with Crippen LogP contribution in [0.4, 0.5) is 0 Å². The van der Waals surface area contributed by atoms with Gasteiger partial charge < -0.3 is 20.2 Å². The van der Waals surface area contributed by atoms with Gasteiger partial charge in [-0.05, 0) is 41.5 Å². The molecule has 7 nitrogen and oxygen atoms in total. The van der Waals surface area contributed by atoms with E-state index in [-0.39, 0.29) is 17.9 Å². The van der Waals surface area contributed by atoms with E-state index in [1.165, 1.54) is 24.5 Å². The minimum absolute atomic E-state index is 0.00822. The van der Waals surface area contributed by atoms with E-state index in [9.17, 15) is 19.5 Å². The van der Waals surface area contributed by atoms with Crippen LogP contribution in [0.5, 0.6) is 0 Å². The van der Waals surface area contributed by atoms with Crippen molar-refractivity contribution in [3.63, 3.8) is 0 Å². The predicted molar refractivity (Wildman–Crippen MR) is 115 cm³/mol. The number of amides is 2. The van der Waals surface area contributed by atoms with Crippen LogP contribution in [0.15, 0.2) is 83.1 Å². The van der Waals surface area contributed by atoms with Crippen LogP contribution < -0.4 is 10.6 Å². The Labute approximate surface area is 183 Å². The SMILES string of the molecule is O=C(N[C@H](Cc1ccccc1)C(=O)O)/C(=C\c1ccc(Cl)cc1)NC(=O)c1ccco1. The molecule has 0 saturated carbocycles. The zero-order valence-electron chi connectivity index (χ0n) is 16.2. The molecule has 0 radical (unpaired) electrons. The zero-order chi connectivity index (χ0) is 22.2. The van der Waals surface area contributed by atoms with E-state index >= 15 is 0 Å². The molecule has 31 heavy (non-hydrogen) atoms. The first-order valence-corrected chi connectivity index (χ1v) is 9.70. The zero-order valence-corrected chi connectivity index (χ0v) is 17.0. The van der Waals surface area contributed by atoms with Crippen LogP contribution >= 0.6 is 11.6 Å². The lowest BCUT2D eigenvalue weighted by atomic mass is 10.1. The van der Waals surface area contributed by atoms with Crippen LogP contribution in [0.3, 0.4) is 0 Å². The second-order valence-corrected chi connectivity index (χ2v) is 7.03. The summed E-state index contributed by atoms with van der Waals surface area (Å²) in [6, 6.07) is 17.3. The van der Waals surface area contributed by atoms with E-state index in [1.807, 2.05) is 6.07 Å². The molecular weight excluding hydrogens is 420 g/mol. The van der Waals surface area contributed by atoms with Gasteiger partial charge in [-0.2, -0.15) is 0 Å². The average molecular weight is 439 g/mol. The van der Waals surface area contributed by atoms with Crippen molar-refractivity contribution in [2.45, 2.75) is 12.5 Å². The molecule has 1 heterocycles. The lowest BCUT2D eigenvalue weighted by Crippen LogP contribution is -2.45. The molecule has 2 aromatic carbocycles. The van der Waals surface area contributed by atoms with Crippen molar-refractivity contribution in [2.75, 3.05) is 0 Å². The van der Waals surface area contributed by atoms with Gasteiger partial charge in [-0.1, -0.05) is 54.1 Å². The highest BCUT2D eigenvalue weighted by atomic mass is 35.5. The molecule has 0 aliphatic rings. The molecule has 2 amide bonds. The van der Waals surface area contributed by atoms with E-state index in [2.05, 4.69) is 10.6 Å². The third-order valence-corrected chi connectivity index (χ3v) is 4.56. The highest BCUT2D eigenvalue weighted by Gasteiger charge is 2.24. The molecular formula is C23H19ClN2O5. The Morgan fingerprint density at radius 3 is 2.32 bits per heavy atom. The number of benzene rings is 2. The molecule has 0 spiro atoms. The average Bonchev–Trinajstić information content (AvgIpc) is 3.30. The van der Waals surface area contributed by atoms with Crippen LogP contribution in [0, 0.1) is 0 Å². The number of hydrogen-bond donors (Lipinski definition) is 3. The molecule has 0 fully saturated rings. The Bertz CT molecular complexity index is 1080. The Balaban J connectivity index is 1.83. The Kier molecular flexibility index (Phi) is 7.24. The summed E-state index contributed by atoms with van der Waals surface area (Å²) >= 11 is 5.90. The summed E-state index contributed by atoms with van der Waals surface area (Å²) in [7, 11) is 0. The highest BCUT2D eigenvalue weighted by molar-refractivity contribution is 6.30. The lowest BCUT2D eigenvalue weighted by Gasteiger charge is -2.16. The summed E-state index contributed by atoms with van der Waals surface area (Å²) < 4.78 is 5.06.